The van der Waals surface area contributed by atoms with E-state index in [1.165, 1.54) is 11.1 Å². The second kappa shape index (κ2) is 12.9. The van der Waals surface area contributed by atoms with Crippen molar-refractivity contribution >= 4 is 82.9 Å². The monoisotopic (exact) mass is 743 g/mol. The Bertz CT molecular complexity index is 3480. The first kappa shape index (κ1) is 32.4. The first-order chi connectivity index (χ1) is 28.8. The molecule has 4 heteroatoms. The SMILES string of the molecule is c1ccc(-c2ccc(-c3ccccc3N(c3ccccc3)c3ccc(-c4cc5oc6ccc7c8ccccc8oc7c6c5c5c4oc4ccccc45)cc3)cc2)cc1. The highest BCUT2D eigenvalue weighted by Crippen LogP contribution is 2.48. The van der Waals surface area contributed by atoms with Crippen LogP contribution in [-0.4, -0.2) is 0 Å². The topological polar surface area (TPSA) is 42.7 Å². The van der Waals surface area contributed by atoms with E-state index in [2.05, 4.69) is 181 Å². The predicted molar refractivity (Wildman–Crippen MR) is 239 cm³/mol. The van der Waals surface area contributed by atoms with Crippen LogP contribution in [0, 0.1) is 0 Å². The van der Waals surface area contributed by atoms with Crippen LogP contribution in [0.2, 0.25) is 0 Å². The molecule has 272 valence electrons. The minimum atomic E-state index is 0.785. The van der Waals surface area contributed by atoms with Gasteiger partial charge in [0.25, 0.3) is 0 Å². The molecule has 0 aliphatic heterocycles. The van der Waals surface area contributed by atoms with Crippen molar-refractivity contribution in [3.05, 3.63) is 200 Å². The molecule has 0 bridgehead atoms. The number of benzene rings is 9. The molecule has 0 unspecified atom stereocenters. The van der Waals surface area contributed by atoms with Gasteiger partial charge >= 0.3 is 0 Å². The zero-order chi connectivity index (χ0) is 38.2. The lowest BCUT2D eigenvalue weighted by molar-refractivity contribution is 0.660. The summed E-state index contributed by atoms with van der Waals surface area (Å²) < 4.78 is 20.0. The fourth-order valence-corrected chi connectivity index (χ4v) is 8.81. The maximum Gasteiger partial charge on any atom is 0.147 e. The van der Waals surface area contributed by atoms with E-state index in [0.29, 0.717) is 0 Å². The third kappa shape index (κ3) is 5.02. The Labute approximate surface area is 333 Å². The largest absolute Gasteiger partial charge is 0.456 e. The molecule has 0 radical (unpaired) electrons. The normalized spacial score (nSPS) is 11.8. The summed E-state index contributed by atoms with van der Waals surface area (Å²) in [6.45, 7) is 0. The van der Waals surface area contributed by atoms with Gasteiger partial charge in [0.1, 0.15) is 33.5 Å². The van der Waals surface area contributed by atoms with Gasteiger partial charge in [0, 0.05) is 49.4 Å². The Balaban J connectivity index is 1.02. The van der Waals surface area contributed by atoms with Crippen LogP contribution in [0.25, 0.3) is 99.2 Å². The highest BCUT2D eigenvalue weighted by atomic mass is 16.3. The van der Waals surface area contributed by atoms with E-state index in [1.54, 1.807) is 0 Å². The molecular weight excluding hydrogens is 711 g/mol. The van der Waals surface area contributed by atoms with Crippen molar-refractivity contribution in [1.82, 2.24) is 0 Å². The van der Waals surface area contributed by atoms with Gasteiger partial charge in [-0.05, 0) is 82.9 Å². The number of nitrogens with zero attached hydrogens (tertiary/aromatic N) is 1. The summed E-state index contributed by atoms with van der Waals surface area (Å²) in [4.78, 5) is 2.34. The maximum atomic E-state index is 6.77. The van der Waals surface area contributed by atoms with Crippen LogP contribution in [0.1, 0.15) is 0 Å². The van der Waals surface area contributed by atoms with Crippen LogP contribution in [0.3, 0.4) is 0 Å². The van der Waals surface area contributed by atoms with Gasteiger partial charge in [0.2, 0.25) is 0 Å². The summed E-state index contributed by atoms with van der Waals surface area (Å²) in [6.07, 6.45) is 0. The number of para-hydroxylation sites is 4. The highest BCUT2D eigenvalue weighted by Gasteiger charge is 2.24. The first-order valence-electron chi connectivity index (χ1n) is 19.6. The number of hydrogen-bond donors (Lipinski definition) is 0. The van der Waals surface area contributed by atoms with Crippen molar-refractivity contribution in [2.24, 2.45) is 0 Å². The van der Waals surface area contributed by atoms with Crippen molar-refractivity contribution < 1.29 is 13.3 Å². The molecule has 0 aliphatic rings. The molecule has 0 atom stereocenters. The molecule has 12 aromatic rings. The molecule has 0 saturated heterocycles. The quantitative estimate of drug-likeness (QED) is 0.170. The Kier molecular flexibility index (Phi) is 7.20. The van der Waals surface area contributed by atoms with E-state index in [0.717, 1.165) is 105 Å². The van der Waals surface area contributed by atoms with E-state index in [9.17, 15) is 0 Å². The van der Waals surface area contributed by atoms with E-state index in [1.807, 2.05) is 24.3 Å². The zero-order valence-corrected chi connectivity index (χ0v) is 31.2. The summed E-state index contributed by atoms with van der Waals surface area (Å²) >= 11 is 0. The first-order valence-corrected chi connectivity index (χ1v) is 19.6. The summed E-state index contributed by atoms with van der Waals surface area (Å²) in [6, 6.07) is 70.1. The number of furan rings is 3. The van der Waals surface area contributed by atoms with Gasteiger partial charge in [-0.1, -0.05) is 140 Å². The van der Waals surface area contributed by atoms with Crippen LogP contribution < -0.4 is 4.90 Å². The van der Waals surface area contributed by atoms with Crippen molar-refractivity contribution in [3.63, 3.8) is 0 Å². The molecule has 0 saturated carbocycles. The zero-order valence-electron chi connectivity index (χ0n) is 31.2. The molecular formula is C54H33NO3. The van der Waals surface area contributed by atoms with E-state index in [4.69, 9.17) is 13.3 Å². The van der Waals surface area contributed by atoms with E-state index >= 15 is 0 Å². The molecule has 0 N–H and O–H groups in total. The smallest absolute Gasteiger partial charge is 0.147 e. The second-order valence-electron chi connectivity index (χ2n) is 14.8. The van der Waals surface area contributed by atoms with Gasteiger partial charge in [0.05, 0.1) is 11.1 Å². The Morgan fingerprint density at radius 1 is 0.293 bits per heavy atom. The van der Waals surface area contributed by atoms with Crippen LogP contribution >= 0.6 is 0 Å². The number of rotatable bonds is 6. The third-order valence-electron chi connectivity index (χ3n) is 11.5. The molecule has 0 fully saturated rings. The predicted octanol–water partition coefficient (Wildman–Crippen LogP) is 15.9. The molecule has 4 nitrogen and oxygen atoms in total. The molecule has 0 amide bonds. The van der Waals surface area contributed by atoms with E-state index < -0.39 is 0 Å². The fraction of sp³-hybridized carbons (Fsp3) is 0. The molecule has 12 rings (SSSR count). The van der Waals surface area contributed by atoms with Gasteiger partial charge in [-0.2, -0.15) is 0 Å². The fourth-order valence-electron chi connectivity index (χ4n) is 8.81. The lowest BCUT2D eigenvalue weighted by Crippen LogP contribution is -2.11. The van der Waals surface area contributed by atoms with Gasteiger partial charge in [-0.15, -0.1) is 0 Å². The van der Waals surface area contributed by atoms with E-state index in [-0.39, 0.29) is 0 Å². The molecule has 3 heterocycles. The van der Waals surface area contributed by atoms with Crippen molar-refractivity contribution in [2.75, 3.05) is 4.90 Å². The number of anilines is 3. The minimum absolute atomic E-state index is 0.785. The standard InChI is InChI=1S/C54H33NO3/c1-3-13-34(14-4-1)35-23-25-36(26-24-35)40-17-7-10-20-45(40)55(38-15-5-2-6-16-38)39-29-27-37(28-30-39)44-33-49-51(50-43-19-9-12-22-47(43)58-54(44)50)52-48(56-49)32-31-42-41-18-8-11-21-46(41)57-53(42)52/h1-33H. The van der Waals surface area contributed by atoms with Crippen LogP contribution in [0.4, 0.5) is 17.1 Å². The molecule has 0 aliphatic carbocycles. The Hall–Kier alpha value is -7.82. The molecule has 3 aromatic heterocycles. The lowest BCUT2D eigenvalue weighted by Gasteiger charge is -2.28. The van der Waals surface area contributed by atoms with Crippen molar-refractivity contribution in [2.45, 2.75) is 0 Å². The Morgan fingerprint density at radius 2 is 0.862 bits per heavy atom. The lowest BCUT2D eigenvalue weighted by atomic mass is 9.97. The van der Waals surface area contributed by atoms with Crippen LogP contribution in [-0.2, 0) is 0 Å². The van der Waals surface area contributed by atoms with Gasteiger partial charge in [-0.25, -0.2) is 0 Å². The van der Waals surface area contributed by atoms with Gasteiger partial charge < -0.3 is 18.2 Å². The average Bonchev–Trinajstić information content (AvgIpc) is 3.99. The molecule has 58 heavy (non-hydrogen) atoms. The summed E-state index contributed by atoms with van der Waals surface area (Å²) in [7, 11) is 0. The highest BCUT2D eigenvalue weighted by molar-refractivity contribution is 6.33. The third-order valence-corrected chi connectivity index (χ3v) is 11.5. The number of fused-ring (bicyclic) bond motifs is 11. The van der Waals surface area contributed by atoms with Crippen molar-refractivity contribution in [3.8, 4) is 33.4 Å². The van der Waals surface area contributed by atoms with Crippen molar-refractivity contribution in [1.29, 1.82) is 0 Å². The maximum absolute atomic E-state index is 6.77. The minimum Gasteiger partial charge on any atom is -0.456 e. The summed E-state index contributed by atoms with van der Waals surface area (Å²) in [5, 5.41) is 6.20. The van der Waals surface area contributed by atoms with Crippen LogP contribution in [0.5, 0.6) is 0 Å². The second-order valence-corrected chi connectivity index (χ2v) is 14.8. The molecule has 0 spiro atoms. The van der Waals surface area contributed by atoms with Crippen LogP contribution in [0.15, 0.2) is 213 Å². The van der Waals surface area contributed by atoms with Gasteiger partial charge in [0.15, 0.2) is 0 Å². The Morgan fingerprint density at radius 3 is 1.66 bits per heavy atom. The summed E-state index contributed by atoms with van der Waals surface area (Å²) in [5.41, 5.74) is 14.8. The summed E-state index contributed by atoms with van der Waals surface area (Å²) in [5.74, 6) is 0. The number of hydrogen-bond acceptors (Lipinski definition) is 4. The average molecular weight is 744 g/mol. The van der Waals surface area contributed by atoms with Gasteiger partial charge in [-0.3, -0.25) is 0 Å². The molecule has 9 aromatic carbocycles.